The van der Waals surface area contributed by atoms with E-state index in [0.29, 0.717) is 30.5 Å². The van der Waals surface area contributed by atoms with Crippen LogP contribution >= 0.6 is 0 Å². The molecule has 3 N–H and O–H groups in total. The smallest absolute Gasteiger partial charge is 0.272 e. The molecule has 3 rings (SSSR count). The first-order chi connectivity index (χ1) is 12.9. The second-order valence-corrected chi connectivity index (χ2v) is 6.99. The zero-order valence-corrected chi connectivity index (χ0v) is 15.2. The molecule has 0 bridgehead atoms. The number of aromatic nitrogens is 2. The van der Waals surface area contributed by atoms with E-state index in [-0.39, 0.29) is 41.5 Å². The van der Waals surface area contributed by atoms with Crippen molar-refractivity contribution in [3.05, 3.63) is 41.2 Å². The molecule has 0 saturated carbocycles. The summed E-state index contributed by atoms with van der Waals surface area (Å²) in [7, 11) is 0. The van der Waals surface area contributed by atoms with Crippen molar-refractivity contribution in [2.75, 3.05) is 13.2 Å². The van der Waals surface area contributed by atoms with Gasteiger partial charge in [-0.05, 0) is 44.0 Å². The van der Waals surface area contributed by atoms with E-state index in [0.717, 1.165) is 0 Å². The van der Waals surface area contributed by atoms with Crippen LogP contribution in [0.4, 0.5) is 0 Å². The predicted octanol–water partition coefficient (Wildman–Crippen LogP) is 1.68. The number of aliphatic hydroxyl groups is 1. The molecule has 144 valence electrons. The topological polar surface area (TPSA) is 116 Å². The first-order valence-electron chi connectivity index (χ1n) is 8.85. The Balaban J connectivity index is 1.91. The van der Waals surface area contributed by atoms with Gasteiger partial charge in [0.2, 0.25) is 0 Å². The standard InChI is InChI=1S/C19H23N3O5/c1-11(2)22-15(3-5-20-22)19(27)21-6-4-13(16(21)10-24)12-7-17(25)14(9-23)18(26)8-12/h3,5,7-9,11,13,16,24-26H,4,6,10H2,1-2H3/t13?,16-/m1/s1. The minimum Gasteiger partial charge on any atom is -0.507 e. The number of phenols is 2. The van der Waals surface area contributed by atoms with Gasteiger partial charge in [0.25, 0.3) is 5.91 Å². The largest absolute Gasteiger partial charge is 0.507 e. The molecule has 0 spiro atoms. The monoisotopic (exact) mass is 373 g/mol. The number of aliphatic hydroxyl groups excluding tert-OH is 1. The van der Waals surface area contributed by atoms with Crippen molar-refractivity contribution in [1.82, 2.24) is 14.7 Å². The third kappa shape index (κ3) is 3.28. The SMILES string of the molecule is CC(C)n1nccc1C(=O)N1CCC(c2cc(O)c(C=O)c(O)c2)[C@H]1CO. The maximum absolute atomic E-state index is 13.0. The summed E-state index contributed by atoms with van der Waals surface area (Å²) in [6, 6.07) is 3.98. The van der Waals surface area contributed by atoms with Crippen LogP contribution in [0, 0.1) is 0 Å². The molecule has 1 aliphatic heterocycles. The minimum absolute atomic E-state index is 0.0229. The molecule has 1 unspecified atom stereocenters. The second-order valence-electron chi connectivity index (χ2n) is 6.99. The van der Waals surface area contributed by atoms with Crippen molar-refractivity contribution in [1.29, 1.82) is 0 Å². The molecule has 0 aliphatic carbocycles. The van der Waals surface area contributed by atoms with Crippen LogP contribution in [-0.4, -0.2) is 61.4 Å². The summed E-state index contributed by atoms with van der Waals surface area (Å²) in [5, 5.41) is 34.1. The molecular formula is C19H23N3O5. The van der Waals surface area contributed by atoms with E-state index in [1.807, 2.05) is 13.8 Å². The highest BCUT2D eigenvalue weighted by molar-refractivity contribution is 5.93. The Hall–Kier alpha value is -2.87. The normalized spacial score (nSPS) is 19.6. The summed E-state index contributed by atoms with van der Waals surface area (Å²) in [4.78, 5) is 25.6. The molecule has 2 heterocycles. The molecule has 2 atom stereocenters. The van der Waals surface area contributed by atoms with Crippen molar-refractivity contribution in [2.45, 2.75) is 38.3 Å². The van der Waals surface area contributed by atoms with Gasteiger partial charge in [0, 0.05) is 24.7 Å². The molecule has 1 aromatic carbocycles. The molecule has 2 aromatic rings. The highest BCUT2D eigenvalue weighted by Crippen LogP contribution is 2.38. The fourth-order valence-corrected chi connectivity index (χ4v) is 3.74. The summed E-state index contributed by atoms with van der Waals surface area (Å²) < 4.78 is 1.64. The van der Waals surface area contributed by atoms with Gasteiger partial charge < -0.3 is 20.2 Å². The van der Waals surface area contributed by atoms with E-state index < -0.39 is 6.04 Å². The molecule has 8 heteroatoms. The first-order valence-corrected chi connectivity index (χ1v) is 8.85. The summed E-state index contributed by atoms with van der Waals surface area (Å²) in [5.74, 6) is -1.13. The third-order valence-corrected chi connectivity index (χ3v) is 5.08. The number of phenolic OH excluding ortho intramolecular Hbond substituents is 2. The highest BCUT2D eigenvalue weighted by atomic mass is 16.3. The van der Waals surface area contributed by atoms with Crippen LogP contribution in [0.2, 0.25) is 0 Å². The summed E-state index contributed by atoms with van der Waals surface area (Å²) in [6.45, 7) is 4.03. The molecule has 27 heavy (non-hydrogen) atoms. The quantitative estimate of drug-likeness (QED) is 0.687. The number of carbonyl (C=O) groups excluding carboxylic acids is 2. The zero-order valence-electron chi connectivity index (χ0n) is 15.2. The lowest BCUT2D eigenvalue weighted by Gasteiger charge is -2.27. The van der Waals surface area contributed by atoms with Gasteiger partial charge in [0.15, 0.2) is 6.29 Å². The van der Waals surface area contributed by atoms with E-state index >= 15 is 0 Å². The van der Waals surface area contributed by atoms with Gasteiger partial charge in [-0.25, -0.2) is 0 Å². The van der Waals surface area contributed by atoms with Crippen LogP contribution in [0.1, 0.15) is 58.6 Å². The van der Waals surface area contributed by atoms with Crippen molar-refractivity contribution >= 4 is 12.2 Å². The van der Waals surface area contributed by atoms with Crippen LogP contribution in [0.15, 0.2) is 24.4 Å². The fourth-order valence-electron chi connectivity index (χ4n) is 3.74. The van der Waals surface area contributed by atoms with E-state index in [9.17, 15) is 24.9 Å². The van der Waals surface area contributed by atoms with Crippen LogP contribution in [-0.2, 0) is 0 Å². The summed E-state index contributed by atoms with van der Waals surface area (Å²) >= 11 is 0. The summed E-state index contributed by atoms with van der Waals surface area (Å²) in [5.41, 5.74) is 0.847. The number of aldehydes is 1. The number of likely N-dealkylation sites (tertiary alicyclic amines) is 1. The Labute approximate surface area is 156 Å². The average molecular weight is 373 g/mol. The van der Waals surface area contributed by atoms with Gasteiger partial charge >= 0.3 is 0 Å². The second kappa shape index (κ2) is 7.40. The van der Waals surface area contributed by atoms with Crippen LogP contribution in [0.5, 0.6) is 11.5 Å². The Morgan fingerprint density at radius 2 is 2.00 bits per heavy atom. The zero-order chi connectivity index (χ0) is 19.7. The average Bonchev–Trinajstić information content (AvgIpc) is 3.27. The van der Waals surface area contributed by atoms with Crippen molar-refractivity contribution in [2.24, 2.45) is 0 Å². The van der Waals surface area contributed by atoms with Gasteiger partial charge in [-0.1, -0.05) is 0 Å². The number of aromatic hydroxyl groups is 2. The molecule has 1 saturated heterocycles. The lowest BCUT2D eigenvalue weighted by atomic mass is 9.90. The van der Waals surface area contributed by atoms with Gasteiger partial charge in [-0.15, -0.1) is 0 Å². The summed E-state index contributed by atoms with van der Waals surface area (Å²) in [6.07, 6.45) is 2.52. The lowest BCUT2D eigenvalue weighted by molar-refractivity contribution is 0.0651. The number of hydrogen-bond donors (Lipinski definition) is 3. The van der Waals surface area contributed by atoms with Crippen molar-refractivity contribution in [3.8, 4) is 11.5 Å². The number of hydrogen-bond acceptors (Lipinski definition) is 6. The Bertz CT molecular complexity index is 838. The third-order valence-electron chi connectivity index (χ3n) is 5.08. The lowest BCUT2D eigenvalue weighted by Crippen LogP contribution is -2.40. The van der Waals surface area contributed by atoms with E-state index in [1.54, 1.807) is 21.8 Å². The number of rotatable bonds is 5. The minimum atomic E-state index is -0.506. The van der Waals surface area contributed by atoms with Gasteiger partial charge in [0.05, 0.1) is 18.2 Å². The van der Waals surface area contributed by atoms with Crippen LogP contribution in [0.3, 0.4) is 0 Å². The molecule has 1 aliphatic rings. The molecule has 1 fully saturated rings. The maximum Gasteiger partial charge on any atom is 0.272 e. The van der Waals surface area contributed by atoms with Crippen LogP contribution < -0.4 is 0 Å². The molecule has 0 radical (unpaired) electrons. The molecule has 1 aromatic heterocycles. The number of benzene rings is 1. The molecule has 1 amide bonds. The molecule has 8 nitrogen and oxygen atoms in total. The highest BCUT2D eigenvalue weighted by Gasteiger charge is 2.39. The van der Waals surface area contributed by atoms with E-state index in [4.69, 9.17) is 0 Å². The van der Waals surface area contributed by atoms with E-state index in [2.05, 4.69) is 5.10 Å². The maximum atomic E-state index is 13.0. The number of amides is 1. The fraction of sp³-hybridized carbons (Fsp3) is 0.421. The molecular weight excluding hydrogens is 350 g/mol. The first kappa shape index (κ1) is 18.9. The van der Waals surface area contributed by atoms with Gasteiger partial charge in [-0.3, -0.25) is 14.3 Å². The Morgan fingerprint density at radius 3 is 2.56 bits per heavy atom. The van der Waals surface area contributed by atoms with Crippen molar-refractivity contribution < 1.29 is 24.9 Å². The van der Waals surface area contributed by atoms with E-state index in [1.165, 1.54) is 12.1 Å². The number of nitrogens with zero attached hydrogens (tertiary/aromatic N) is 3. The predicted molar refractivity (Wildman–Crippen MR) is 97.0 cm³/mol. The van der Waals surface area contributed by atoms with Gasteiger partial charge in [-0.2, -0.15) is 5.10 Å². The Kier molecular flexibility index (Phi) is 5.18. The van der Waals surface area contributed by atoms with Crippen molar-refractivity contribution in [3.63, 3.8) is 0 Å². The Morgan fingerprint density at radius 1 is 1.33 bits per heavy atom. The van der Waals surface area contributed by atoms with Crippen LogP contribution in [0.25, 0.3) is 0 Å². The van der Waals surface area contributed by atoms with Gasteiger partial charge in [0.1, 0.15) is 17.2 Å². The number of carbonyl (C=O) groups is 2.